The zero-order valence-corrected chi connectivity index (χ0v) is 7.61. The molecule has 0 N–H and O–H groups in total. The van der Waals surface area contributed by atoms with Crippen molar-refractivity contribution >= 4 is 31.9 Å². The number of alkyl halides is 2. The highest BCUT2D eigenvalue weighted by Gasteiger charge is 2.29. The maximum absolute atomic E-state index is 5.21. The van der Waals surface area contributed by atoms with E-state index in [1.165, 1.54) is 0 Å². The van der Waals surface area contributed by atoms with Crippen LogP contribution in [0.2, 0.25) is 0 Å². The third-order valence-corrected chi connectivity index (χ3v) is 2.87. The molecule has 0 bridgehead atoms. The summed E-state index contributed by atoms with van der Waals surface area (Å²) in [5.74, 6) is 0.745. The van der Waals surface area contributed by atoms with E-state index in [9.17, 15) is 0 Å². The zero-order chi connectivity index (χ0) is 5.98. The summed E-state index contributed by atoms with van der Waals surface area (Å²) in [6, 6.07) is 0. The Morgan fingerprint density at radius 1 is 1.38 bits per heavy atom. The van der Waals surface area contributed by atoms with Crippen LogP contribution in [0, 0.1) is 5.92 Å². The second kappa shape index (κ2) is 3.18. The second-order valence-corrected chi connectivity index (χ2v) is 3.24. The Morgan fingerprint density at radius 3 is 2.25 bits per heavy atom. The summed E-state index contributed by atoms with van der Waals surface area (Å²) in [6.45, 7) is 0.932. The highest BCUT2D eigenvalue weighted by atomic mass is 79.9. The van der Waals surface area contributed by atoms with Crippen molar-refractivity contribution in [3.8, 4) is 0 Å². The highest BCUT2D eigenvalue weighted by molar-refractivity contribution is 9.09. The monoisotopic (exact) mass is 242 g/mol. The third kappa shape index (κ3) is 1.25. The Bertz CT molecular complexity index is 62.8. The lowest BCUT2D eigenvalue weighted by Gasteiger charge is -2.34. The molecule has 0 spiro atoms. The van der Waals surface area contributed by atoms with Crippen molar-refractivity contribution in [3.05, 3.63) is 0 Å². The first kappa shape index (κ1) is 7.03. The molecule has 48 valence electrons. The summed E-state index contributed by atoms with van der Waals surface area (Å²) in [5.41, 5.74) is 0. The van der Waals surface area contributed by atoms with Crippen LogP contribution >= 0.6 is 31.9 Å². The molecular weight excluding hydrogens is 236 g/mol. The molecule has 3 heteroatoms. The fraction of sp³-hybridized carbons (Fsp3) is 1.00. The molecule has 1 aliphatic heterocycles. The molecular formula is C5H8Br2O. The van der Waals surface area contributed by atoms with Gasteiger partial charge < -0.3 is 4.74 Å². The van der Waals surface area contributed by atoms with Crippen LogP contribution in [0.25, 0.3) is 0 Å². The smallest absolute Gasteiger partial charge is 0.0730 e. The van der Waals surface area contributed by atoms with Crippen molar-refractivity contribution < 1.29 is 4.74 Å². The van der Waals surface area contributed by atoms with E-state index in [1.54, 1.807) is 0 Å². The minimum atomic E-state index is 0.467. The van der Waals surface area contributed by atoms with Gasteiger partial charge in [-0.3, -0.25) is 0 Å². The predicted molar refractivity (Wildman–Crippen MR) is 40.8 cm³/mol. The summed E-state index contributed by atoms with van der Waals surface area (Å²) in [7, 11) is 0. The molecule has 0 radical (unpaired) electrons. The first-order valence-corrected chi connectivity index (χ1v) is 4.86. The Kier molecular flexibility index (Phi) is 2.80. The van der Waals surface area contributed by atoms with Gasteiger partial charge in [0, 0.05) is 16.6 Å². The number of ether oxygens (including phenoxy) is 1. The van der Waals surface area contributed by atoms with Crippen LogP contribution in [0.5, 0.6) is 0 Å². The average Bonchev–Trinajstić information content (AvgIpc) is 1.66. The predicted octanol–water partition coefficient (Wildman–Crippen LogP) is 1.79. The van der Waals surface area contributed by atoms with E-state index in [4.69, 9.17) is 4.74 Å². The average molecular weight is 244 g/mol. The Labute approximate surface area is 66.0 Å². The standard InChI is InChI=1S/C5H8Br2O/c6-1-4-3-8-5(4)2-7/h4-5H,1-3H2. The fourth-order valence-corrected chi connectivity index (χ4v) is 2.00. The number of halogens is 2. The van der Waals surface area contributed by atoms with Crippen molar-refractivity contribution in [2.75, 3.05) is 17.3 Å². The fourth-order valence-electron chi connectivity index (χ4n) is 0.683. The highest BCUT2D eigenvalue weighted by Crippen LogP contribution is 2.23. The van der Waals surface area contributed by atoms with Gasteiger partial charge in [0.2, 0.25) is 0 Å². The van der Waals surface area contributed by atoms with Gasteiger partial charge in [-0.05, 0) is 0 Å². The van der Waals surface area contributed by atoms with E-state index in [2.05, 4.69) is 31.9 Å². The molecule has 1 rings (SSSR count). The van der Waals surface area contributed by atoms with Gasteiger partial charge in [0.05, 0.1) is 12.7 Å². The zero-order valence-electron chi connectivity index (χ0n) is 4.44. The normalized spacial score (nSPS) is 36.8. The molecule has 0 aliphatic carbocycles. The van der Waals surface area contributed by atoms with Gasteiger partial charge in [-0.2, -0.15) is 0 Å². The Morgan fingerprint density at radius 2 is 2.12 bits per heavy atom. The van der Waals surface area contributed by atoms with Gasteiger partial charge in [0.15, 0.2) is 0 Å². The van der Waals surface area contributed by atoms with Crippen molar-refractivity contribution in [2.45, 2.75) is 6.10 Å². The second-order valence-electron chi connectivity index (χ2n) is 1.94. The Balaban J connectivity index is 2.16. The summed E-state index contributed by atoms with van der Waals surface area (Å²) >= 11 is 6.77. The van der Waals surface area contributed by atoms with Crippen molar-refractivity contribution in [2.24, 2.45) is 5.92 Å². The van der Waals surface area contributed by atoms with Crippen LogP contribution in [0.1, 0.15) is 0 Å². The molecule has 1 fully saturated rings. The lowest BCUT2D eigenvalue weighted by atomic mass is 10.0. The molecule has 0 aromatic rings. The van der Waals surface area contributed by atoms with Crippen LogP contribution in [0.15, 0.2) is 0 Å². The molecule has 0 aromatic carbocycles. The molecule has 1 aliphatic rings. The van der Waals surface area contributed by atoms with E-state index >= 15 is 0 Å². The topological polar surface area (TPSA) is 9.23 Å². The van der Waals surface area contributed by atoms with E-state index in [-0.39, 0.29) is 0 Å². The van der Waals surface area contributed by atoms with Crippen LogP contribution < -0.4 is 0 Å². The SMILES string of the molecule is BrCC1COC1CBr. The van der Waals surface area contributed by atoms with Gasteiger partial charge in [0.1, 0.15) is 0 Å². The largest absolute Gasteiger partial charge is 0.377 e. The van der Waals surface area contributed by atoms with Crippen molar-refractivity contribution in [1.29, 1.82) is 0 Å². The van der Waals surface area contributed by atoms with E-state index in [0.29, 0.717) is 6.10 Å². The summed E-state index contributed by atoms with van der Waals surface area (Å²) in [6.07, 6.45) is 0.467. The minimum absolute atomic E-state index is 0.467. The van der Waals surface area contributed by atoms with Crippen LogP contribution in [-0.2, 0) is 4.74 Å². The lowest BCUT2D eigenvalue weighted by molar-refractivity contribution is -0.0871. The molecule has 1 heterocycles. The van der Waals surface area contributed by atoms with Crippen molar-refractivity contribution in [3.63, 3.8) is 0 Å². The van der Waals surface area contributed by atoms with E-state index in [1.807, 2.05) is 0 Å². The molecule has 0 amide bonds. The van der Waals surface area contributed by atoms with Gasteiger partial charge in [-0.1, -0.05) is 31.9 Å². The maximum atomic E-state index is 5.21. The molecule has 1 nitrogen and oxygen atoms in total. The third-order valence-electron chi connectivity index (χ3n) is 1.40. The number of hydrogen-bond donors (Lipinski definition) is 0. The molecule has 8 heavy (non-hydrogen) atoms. The molecule has 0 saturated carbocycles. The van der Waals surface area contributed by atoms with Gasteiger partial charge in [0.25, 0.3) is 0 Å². The van der Waals surface area contributed by atoms with Crippen LogP contribution in [-0.4, -0.2) is 23.4 Å². The Hall–Kier alpha value is 0.920. The molecule has 2 atom stereocenters. The van der Waals surface area contributed by atoms with Gasteiger partial charge in [-0.25, -0.2) is 0 Å². The van der Waals surface area contributed by atoms with Crippen molar-refractivity contribution in [1.82, 2.24) is 0 Å². The molecule has 0 aromatic heterocycles. The minimum Gasteiger partial charge on any atom is -0.377 e. The van der Waals surface area contributed by atoms with E-state index in [0.717, 1.165) is 23.2 Å². The van der Waals surface area contributed by atoms with Gasteiger partial charge >= 0.3 is 0 Å². The summed E-state index contributed by atoms with van der Waals surface area (Å²) in [4.78, 5) is 0. The lowest BCUT2D eigenvalue weighted by Crippen LogP contribution is -2.41. The summed E-state index contributed by atoms with van der Waals surface area (Å²) in [5, 5.41) is 2.05. The first-order chi connectivity index (χ1) is 3.88. The quantitative estimate of drug-likeness (QED) is 0.673. The van der Waals surface area contributed by atoms with Crippen LogP contribution in [0.4, 0.5) is 0 Å². The molecule has 1 saturated heterocycles. The summed E-state index contributed by atoms with van der Waals surface area (Å²) < 4.78 is 5.21. The first-order valence-electron chi connectivity index (χ1n) is 2.62. The maximum Gasteiger partial charge on any atom is 0.0730 e. The van der Waals surface area contributed by atoms with Crippen LogP contribution in [0.3, 0.4) is 0 Å². The molecule has 2 unspecified atom stereocenters. The van der Waals surface area contributed by atoms with Gasteiger partial charge in [-0.15, -0.1) is 0 Å². The number of hydrogen-bond acceptors (Lipinski definition) is 1. The number of rotatable bonds is 2. The van der Waals surface area contributed by atoms with E-state index < -0.39 is 0 Å².